The molecule has 144 valence electrons. The molecule has 3 aromatic rings. The second-order valence-electron chi connectivity index (χ2n) is 5.71. The maximum absolute atomic E-state index is 11.7. The minimum atomic E-state index is -0.522. The highest BCUT2D eigenvalue weighted by Gasteiger charge is 2.24. The summed E-state index contributed by atoms with van der Waals surface area (Å²) >= 11 is 0. The van der Waals surface area contributed by atoms with E-state index in [0.29, 0.717) is 23.7 Å². The molecule has 0 spiro atoms. The number of ether oxygens (including phenoxy) is 2. The van der Waals surface area contributed by atoms with E-state index in [4.69, 9.17) is 9.47 Å². The van der Waals surface area contributed by atoms with Gasteiger partial charge in [-0.2, -0.15) is 0 Å². The van der Waals surface area contributed by atoms with Crippen LogP contribution >= 0.6 is 0 Å². The van der Waals surface area contributed by atoms with Crippen LogP contribution in [0.2, 0.25) is 0 Å². The van der Waals surface area contributed by atoms with E-state index in [1.165, 1.54) is 13.4 Å². The van der Waals surface area contributed by atoms with Gasteiger partial charge in [0.05, 0.1) is 24.8 Å². The summed E-state index contributed by atoms with van der Waals surface area (Å²) in [7, 11) is 3.04. The highest BCUT2D eigenvalue weighted by molar-refractivity contribution is 5.76. The molecular formula is C19H19N5O4. The predicted molar refractivity (Wildman–Crippen MR) is 105 cm³/mol. The maximum atomic E-state index is 11.7. The number of rotatable bonds is 8. The number of hydrogen-bond donors (Lipinski definition) is 2. The van der Waals surface area contributed by atoms with Crippen molar-refractivity contribution in [1.82, 2.24) is 9.97 Å². The molecule has 0 amide bonds. The average molecular weight is 381 g/mol. The second kappa shape index (κ2) is 8.67. The van der Waals surface area contributed by atoms with Gasteiger partial charge in [0.15, 0.2) is 0 Å². The minimum Gasteiger partial charge on any atom is -0.497 e. The number of nitro groups is 1. The highest BCUT2D eigenvalue weighted by atomic mass is 16.6. The number of aromatic nitrogens is 2. The van der Waals surface area contributed by atoms with Crippen LogP contribution in [0.15, 0.2) is 54.9 Å². The van der Waals surface area contributed by atoms with Gasteiger partial charge >= 0.3 is 5.69 Å². The van der Waals surface area contributed by atoms with Crippen molar-refractivity contribution in [1.29, 1.82) is 0 Å². The Bertz CT molecular complexity index is 966. The van der Waals surface area contributed by atoms with Crippen LogP contribution in [0.5, 0.6) is 11.5 Å². The Kier molecular flexibility index (Phi) is 5.85. The fourth-order valence-electron chi connectivity index (χ4n) is 2.58. The lowest BCUT2D eigenvalue weighted by atomic mass is 10.2. The zero-order valence-corrected chi connectivity index (χ0v) is 15.4. The SMILES string of the molecule is COc1ccc(Nc2ncnc(NCc3ccccc3)c2[N+](=O)[O-])c(OC)c1. The number of methoxy groups -OCH3 is 2. The van der Waals surface area contributed by atoms with Crippen molar-refractivity contribution in [2.75, 3.05) is 24.9 Å². The molecule has 1 aromatic heterocycles. The first kappa shape index (κ1) is 18.9. The second-order valence-corrected chi connectivity index (χ2v) is 5.71. The van der Waals surface area contributed by atoms with Gasteiger partial charge in [0.2, 0.25) is 11.6 Å². The first-order valence-corrected chi connectivity index (χ1v) is 8.38. The van der Waals surface area contributed by atoms with Crippen molar-refractivity contribution < 1.29 is 14.4 Å². The molecule has 2 aromatic carbocycles. The van der Waals surface area contributed by atoms with Gasteiger partial charge in [-0.3, -0.25) is 10.1 Å². The summed E-state index contributed by atoms with van der Waals surface area (Å²) in [6.45, 7) is 0.393. The summed E-state index contributed by atoms with van der Waals surface area (Å²) in [6.07, 6.45) is 1.26. The molecule has 0 atom stereocenters. The summed E-state index contributed by atoms with van der Waals surface area (Å²) in [5, 5.41) is 17.6. The van der Waals surface area contributed by atoms with Crippen LogP contribution in [0.1, 0.15) is 5.56 Å². The summed E-state index contributed by atoms with van der Waals surface area (Å²) < 4.78 is 10.5. The highest BCUT2D eigenvalue weighted by Crippen LogP contribution is 2.36. The Labute approximate surface area is 161 Å². The Balaban J connectivity index is 1.90. The largest absolute Gasteiger partial charge is 0.497 e. The molecule has 9 nitrogen and oxygen atoms in total. The quantitative estimate of drug-likeness (QED) is 0.448. The van der Waals surface area contributed by atoms with Gasteiger partial charge in [-0.1, -0.05) is 30.3 Å². The average Bonchev–Trinajstić information content (AvgIpc) is 2.73. The van der Waals surface area contributed by atoms with Gasteiger partial charge in [0, 0.05) is 12.6 Å². The van der Waals surface area contributed by atoms with Crippen LogP contribution in [-0.4, -0.2) is 29.1 Å². The molecule has 2 N–H and O–H groups in total. The Hall–Kier alpha value is -3.88. The van der Waals surface area contributed by atoms with Gasteiger partial charge in [-0.25, -0.2) is 9.97 Å². The van der Waals surface area contributed by atoms with Crippen molar-refractivity contribution in [2.24, 2.45) is 0 Å². The maximum Gasteiger partial charge on any atom is 0.353 e. The lowest BCUT2D eigenvalue weighted by Crippen LogP contribution is -2.08. The molecule has 1 heterocycles. The Morgan fingerprint density at radius 1 is 1.04 bits per heavy atom. The molecule has 0 radical (unpaired) electrons. The molecule has 0 aliphatic rings. The van der Waals surface area contributed by atoms with Gasteiger partial charge < -0.3 is 20.1 Å². The number of hydrogen-bond acceptors (Lipinski definition) is 8. The molecular weight excluding hydrogens is 362 g/mol. The van der Waals surface area contributed by atoms with Gasteiger partial charge in [0.1, 0.15) is 17.8 Å². The number of nitrogens with zero attached hydrogens (tertiary/aromatic N) is 3. The topological polar surface area (TPSA) is 111 Å². The lowest BCUT2D eigenvalue weighted by Gasteiger charge is -2.13. The first-order valence-electron chi connectivity index (χ1n) is 8.38. The van der Waals surface area contributed by atoms with Crippen molar-refractivity contribution in [3.63, 3.8) is 0 Å². The third kappa shape index (κ3) is 4.26. The molecule has 0 saturated carbocycles. The van der Waals surface area contributed by atoms with E-state index in [2.05, 4.69) is 20.6 Å². The third-order valence-electron chi connectivity index (χ3n) is 3.97. The molecule has 0 aliphatic carbocycles. The van der Waals surface area contributed by atoms with Crippen molar-refractivity contribution in [3.05, 3.63) is 70.5 Å². The van der Waals surface area contributed by atoms with Crippen molar-refractivity contribution in [2.45, 2.75) is 6.54 Å². The molecule has 3 rings (SSSR count). The molecule has 0 fully saturated rings. The van der Waals surface area contributed by atoms with E-state index < -0.39 is 4.92 Å². The van der Waals surface area contributed by atoms with Crippen molar-refractivity contribution in [3.8, 4) is 11.5 Å². The van der Waals surface area contributed by atoms with Crippen LogP contribution in [-0.2, 0) is 6.54 Å². The monoisotopic (exact) mass is 381 g/mol. The predicted octanol–water partition coefficient (Wildman–Crippen LogP) is 3.76. The smallest absolute Gasteiger partial charge is 0.353 e. The van der Waals surface area contributed by atoms with E-state index >= 15 is 0 Å². The molecule has 0 bridgehead atoms. The Morgan fingerprint density at radius 2 is 1.79 bits per heavy atom. The van der Waals surface area contributed by atoms with Gasteiger partial charge in [-0.15, -0.1) is 0 Å². The molecule has 9 heteroatoms. The van der Waals surface area contributed by atoms with E-state index in [1.807, 2.05) is 30.3 Å². The van der Waals surface area contributed by atoms with Crippen LogP contribution < -0.4 is 20.1 Å². The minimum absolute atomic E-state index is 0.0547. The number of nitrogens with one attached hydrogen (secondary N) is 2. The zero-order valence-electron chi connectivity index (χ0n) is 15.4. The molecule has 0 saturated heterocycles. The lowest BCUT2D eigenvalue weighted by molar-refractivity contribution is -0.383. The van der Waals surface area contributed by atoms with Gasteiger partial charge in [-0.05, 0) is 17.7 Å². The van der Waals surface area contributed by atoms with E-state index in [9.17, 15) is 10.1 Å². The Morgan fingerprint density at radius 3 is 2.46 bits per heavy atom. The van der Waals surface area contributed by atoms with Crippen LogP contribution in [0, 0.1) is 10.1 Å². The summed E-state index contributed by atoms with van der Waals surface area (Å²) in [5.74, 6) is 1.24. The zero-order chi connectivity index (χ0) is 19.9. The summed E-state index contributed by atoms with van der Waals surface area (Å²) in [4.78, 5) is 19.2. The summed E-state index contributed by atoms with van der Waals surface area (Å²) in [5.41, 5.74) is 1.23. The van der Waals surface area contributed by atoms with Crippen LogP contribution in [0.3, 0.4) is 0 Å². The van der Waals surface area contributed by atoms with E-state index in [0.717, 1.165) is 5.56 Å². The molecule has 28 heavy (non-hydrogen) atoms. The molecule has 0 aliphatic heterocycles. The molecule has 0 unspecified atom stereocenters. The van der Waals surface area contributed by atoms with Crippen molar-refractivity contribution >= 4 is 23.0 Å². The van der Waals surface area contributed by atoms with Gasteiger partial charge in [0.25, 0.3) is 0 Å². The normalized spacial score (nSPS) is 10.2. The van der Waals surface area contributed by atoms with Crippen LogP contribution in [0.4, 0.5) is 23.0 Å². The summed E-state index contributed by atoms with van der Waals surface area (Å²) in [6, 6.07) is 14.6. The number of benzene rings is 2. The van der Waals surface area contributed by atoms with Crippen LogP contribution in [0.25, 0.3) is 0 Å². The fourth-order valence-corrected chi connectivity index (χ4v) is 2.58. The standard InChI is InChI=1S/C19H19N5O4/c1-27-14-8-9-15(16(10-14)28-2)23-19-17(24(25)26)18(21-12-22-19)20-11-13-6-4-3-5-7-13/h3-10,12H,11H2,1-2H3,(H2,20,21,22,23). The number of anilines is 3. The first-order chi connectivity index (χ1) is 13.6. The third-order valence-corrected chi connectivity index (χ3v) is 3.97. The fraction of sp³-hybridized carbons (Fsp3) is 0.158. The van der Waals surface area contributed by atoms with E-state index in [-0.39, 0.29) is 17.3 Å². The van der Waals surface area contributed by atoms with E-state index in [1.54, 1.807) is 25.3 Å².